The Balaban J connectivity index is 3.00. The van der Waals surface area contributed by atoms with Gasteiger partial charge in [-0.15, -0.1) is 0 Å². The first-order valence-electron chi connectivity index (χ1n) is 4.43. The minimum absolute atomic E-state index is 0.0508. The Labute approximate surface area is 83.6 Å². The second-order valence-electron chi connectivity index (χ2n) is 2.98. The van der Waals surface area contributed by atoms with Gasteiger partial charge >= 0.3 is 0 Å². The minimum atomic E-state index is 0.0508. The number of carbonyl (C=O) groups excluding carboxylic acids is 1. The van der Waals surface area contributed by atoms with Crippen LogP contribution < -0.4 is 0 Å². The summed E-state index contributed by atoms with van der Waals surface area (Å²) in [5.74, 6) is 5.66. The van der Waals surface area contributed by atoms with E-state index in [9.17, 15) is 4.79 Å². The monoisotopic (exact) mass is 188 g/mol. The molecule has 2 nitrogen and oxygen atoms in total. The molecule has 0 aliphatic heterocycles. The molecule has 14 heavy (non-hydrogen) atoms. The average Bonchev–Trinajstić information content (AvgIpc) is 2.19. The molecule has 0 aliphatic carbocycles. The van der Waals surface area contributed by atoms with Crippen LogP contribution >= 0.6 is 0 Å². The van der Waals surface area contributed by atoms with Gasteiger partial charge in [0.05, 0.1) is 6.61 Å². The van der Waals surface area contributed by atoms with Crippen LogP contribution in [0.25, 0.3) is 0 Å². The van der Waals surface area contributed by atoms with Crippen LogP contribution in [0.15, 0.2) is 18.2 Å². The smallest absolute Gasteiger partial charge is 0.151 e. The van der Waals surface area contributed by atoms with Crippen molar-refractivity contribution in [3.63, 3.8) is 0 Å². The largest absolute Gasteiger partial charge is 0.395 e. The van der Waals surface area contributed by atoms with Crippen molar-refractivity contribution < 1.29 is 9.90 Å². The van der Waals surface area contributed by atoms with E-state index in [-0.39, 0.29) is 6.61 Å². The van der Waals surface area contributed by atoms with Crippen LogP contribution in [-0.4, -0.2) is 18.0 Å². The molecule has 0 unspecified atom stereocenters. The second-order valence-corrected chi connectivity index (χ2v) is 2.98. The zero-order valence-electron chi connectivity index (χ0n) is 8.08. The van der Waals surface area contributed by atoms with Crippen molar-refractivity contribution in [3.8, 4) is 11.8 Å². The van der Waals surface area contributed by atoms with Crippen molar-refractivity contribution in [2.75, 3.05) is 6.61 Å². The van der Waals surface area contributed by atoms with Gasteiger partial charge in [0.1, 0.15) is 0 Å². The highest BCUT2D eigenvalue weighted by Crippen LogP contribution is 2.08. The fourth-order valence-electron chi connectivity index (χ4n) is 1.09. The van der Waals surface area contributed by atoms with E-state index < -0.39 is 0 Å². The molecule has 72 valence electrons. The van der Waals surface area contributed by atoms with E-state index in [1.54, 1.807) is 6.07 Å². The summed E-state index contributed by atoms with van der Waals surface area (Å²) in [7, 11) is 0. The van der Waals surface area contributed by atoms with Crippen molar-refractivity contribution in [3.05, 3.63) is 34.9 Å². The van der Waals surface area contributed by atoms with Crippen LogP contribution in [0, 0.1) is 18.8 Å². The molecule has 0 saturated carbocycles. The lowest BCUT2D eigenvalue weighted by molar-refractivity contribution is 0.112. The Morgan fingerprint density at radius 3 is 2.93 bits per heavy atom. The molecule has 0 atom stereocenters. The fourth-order valence-corrected chi connectivity index (χ4v) is 1.09. The van der Waals surface area contributed by atoms with E-state index in [4.69, 9.17) is 5.11 Å². The lowest BCUT2D eigenvalue weighted by Gasteiger charge is -1.97. The molecule has 1 aromatic carbocycles. The summed E-state index contributed by atoms with van der Waals surface area (Å²) >= 11 is 0. The summed E-state index contributed by atoms with van der Waals surface area (Å²) < 4.78 is 0. The molecule has 0 aliphatic rings. The van der Waals surface area contributed by atoms with Crippen molar-refractivity contribution in [1.29, 1.82) is 0 Å². The number of carbonyl (C=O) groups is 1. The normalized spacial score (nSPS) is 9.00. The summed E-state index contributed by atoms with van der Waals surface area (Å²) in [6, 6.07) is 5.50. The van der Waals surface area contributed by atoms with Crippen molar-refractivity contribution in [2.45, 2.75) is 13.3 Å². The van der Waals surface area contributed by atoms with Crippen molar-refractivity contribution in [1.82, 2.24) is 0 Å². The Kier molecular flexibility index (Phi) is 3.90. The zero-order chi connectivity index (χ0) is 10.4. The van der Waals surface area contributed by atoms with Gasteiger partial charge in [-0.2, -0.15) is 0 Å². The van der Waals surface area contributed by atoms with Gasteiger partial charge in [-0.25, -0.2) is 0 Å². The van der Waals surface area contributed by atoms with Crippen LogP contribution in [0.3, 0.4) is 0 Å². The molecule has 1 N–H and O–H groups in total. The minimum Gasteiger partial charge on any atom is -0.395 e. The number of hydrogen-bond donors (Lipinski definition) is 1. The molecule has 0 saturated heterocycles. The maximum absolute atomic E-state index is 10.7. The van der Waals surface area contributed by atoms with E-state index in [0.29, 0.717) is 12.0 Å². The molecular weight excluding hydrogens is 176 g/mol. The summed E-state index contributed by atoms with van der Waals surface area (Å²) in [5, 5.41) is 8.55. The Hall–Kier alpha value is -1.59. The van der Waals surface area contributed by atoms with E-state index in [0.717, 1.165) is 17.4 Å². The molecule has 0 amide bonds. The van der Waals surface area contributed by atoms with Gasteiger partial charge in [0.15, 0.2) is 6.29 Å². The van der Waals surface area contributed by atoms with Gasteiger partial charge in [-0.1, -0.05) is 24.0 Å². The van der Waals surface area contributed by atoms with Crippen molar-refractivity contribution in [2.24, 2.45) is 0 Å². The number of hydrogen-bond acceptors (Lipinski definition) is 2. The number of aryl methyl sites for hydroxylation is 1. The van der Waals surface area contributed by atoms with Gasteiger partial charge in [-0.05, 0) is 18.6 Å². The summed E-state index contributed by atoms with van der Waals surface area (Å²) in [4.78, 5) is 10.7. The first-order valence-corrected chi connectivity index (χ1v) is 4.43. The molecule has 1 rings (SSSR count). The van der Waals surface area contributed by atoms with Gasteiger partial charge in [-0.3, -0.25) is 4.79 Å². The zero-order valence-corrected chi connectivity index (χ0v) is 8.08. The molecule has 0 fully saturated rings. The first-order chi connectivity index (χ1) is 6.77. The molecule has 0 spiro atoms. The van der Waals surface area contributed by atoms with Gasteiger partial charge in [0, 0.05) is 17.5 Å². The first kappa shape index (κ1) is 10.5. The predicted octanol–water partition coefficient (Wildman–Crippen LogP) is 1.54. The number of benzene rings is 1. The molecule has 2 heteroatoms. The van der Waals surface area contributed by atoms with E-state index >= 15 is 0 Å². The second kappa shape index (κ2) is 5.21. The number of aldehydes is 1. The average molecular weight is 188 g/mol. The molecular formula is C12H12O2. The Morgan fingerprint density at radius 1 is 1.50 bits per heavy atom. The molecule has 1 aromatic rings. The highest BCUT2D eigenvalue weighted by atomic mass is 16.2. The SMILES string of the molecule is Cc1ccc(C=O)c(C#CCCO)c1. The van der Waals surface area contributed by atoms with Crippen LogP contribution in [0.1, 0.15) is 27.9 Å². The lowest BCUT2D eigenvalue weighted by Crippen LogP contribution is -1.88. The maximum Gasteiger partial charge on any atom is 0.151 e. The third-order valence-electron chi connectivity index (χ3n) is 1.80. The number of aliphatic hydroxyl groups excluding tert-OH is 1. The highest BCUT2D eigenvalue weighted by Gasteiger charge is 1.97. The van der Waals surface area contributed by atoms with E-state index in [1.165, 1.54) is 0 Å². The highest BCUT2D eigenvalue weighted by molar-refractivity contribution is 5.79. The van der Waals surface area contributed by atoms with Crippen LogP contribution in [0.4, 0.5) is 0 Å². The van der Waals surface area contributed by atoms with Crippen molar-refractivity contribution >= 4 is 6.29 Å². The Morgan fingerprint density at radius 2 is 2.29 bits per heavy atom. The van der Waals surface area contributed by atoms with Gasteiger partial charge in [0.25, 0.3) is 0 Å². The standard InChI is InChI=1S/C12H12O2/c1-10-5-6-12(9-14)11(8-10)4-2-3-7-13/h5-6,8-9,13H,3,7H2,1H3. The van der Waals surface area contributed by atoms with E-state index in [1.807, 2.05) is 19.1 Å². The molecule has 0 heterocycles. The fraction of sp³-hybridized carbons (Fsp3) is 0.250. The third kappa shape index (κ3) is 2.72. The number of aliphatic hydroxyl groups is 1. The molecule has 0 aromatic heterocycles. The molecule has 0 radical (unpaired) electrons. The quantitative estimate of drug-likeness (QED) is 0.564. The maximum atomic E-state index is 10.7. The van der Waals surface area contributed by atoms with Crippen LogP contribution in [0.5, 0.6) is 0 Å². The molecule has 0 bridgehead atoms. The predicted molar refractivity (Wildman–Crippen MR) is 55.1 cm³/mol. The topological polar surface area (TPSA) is 37.3 Å². The van der Waals surface area contributed by atoms with Crippen LogP contribution in [0.2, 0.25) is 0 Å². The Bertz CT molecular complexity index is 383. The lowest BCUT2D eigenvalue weighted by atomic mass is 10.1. The summed E-state index contributed by atoms with van der Waals surface area (Å²) in [5.41, 5.74) is 2.40. The summed E-state index contributed by atoms with van der Waals surface area (Å²) in [6.45, 7) is 2.00. The summed E-state index contributed by atoms with van der Waals surface area (Å²) in [6.07, 6.45) is 1.23. The third-order valence-corrected chi connectivity index (χ3v) is 1.80. The van der Waals surface area contributed by atoms with Gasteiger partial charge in [0.2, 0.25) is 0 Å². The van der Waals surface area contributed by atoms with E-state index in [2.05, 4.69) is 11.8 Å². The van der Waals surface area contributed by atoms with Gasteiger partial charge < -0.3 is 5.11 Å². The van der Waals surface area contributed by atoms with Crippen LogP contribution in [-0.2, 0) is 0 Å². The number of rotatable bonds is 2.